The van der Waals surface area contributed by atoms with Crippen molar-refractivity contribution in [3.63, 3.8) is 0 Å². The molecule has 2 nitrogen and oxygen atoms in total. The monoisotopic (exact) mass is 219 g/mol. The maximum absolute atomic E-state index is 13.2. The van der Waals surface area contributed by atoms with Crippen molar-refractivity contribution in [3.8, 4) is 5.75 Å². The van der Waals surface area contributed by atoms with Gasteiger partial charge in [-0.25, -0.2) is 13.2 Å². The van der Waals surface area contributed by atoms with E-state index in [9.17, 15) is 13.2 Å². The molecule has 0 bridgehead atoms. The fourth-order valence-corrected chi connectivity index (χ4v) is 1.25. The molecule has 0 saturated heterocycles. The normalized spacial score (nSPS) is 12.9. The summed E-state index contributed by atoms with van der Waals surface area (Å²) in [5.74, 6) is -0.194. The van der Waals surface area contributed by atoms with Gasteiger partial charge in [-0.05, 0) is 18.2 Å². The molecule has 0 saturated carbocycles. The summed E-state index contributed by atoms with van der Waals surface area (Å²) in [6.45, 7) is 0. The summed E-state index contributed by atoms with van der Waals surface area (Å²) in [7, 11) is 1.41. The van der Waals surface area contributed by atoms with Gasteiger partial charge in [-0.3, -0.25) is 0 Å². The molecule has 1 aromatic rings. The molecule has 1 aromatic carbocycles. The Morgan fingerprint density at radius 1 is 1.40 bits per heavy atom. The van der Waals surface area contributed by atoms with Gasteiger partial charge in [-0.15, -0.1) is 0 Å². The van der Waals surface area contributed by atoms with Crippen LogP contribution in [-0.2, 0) is 0 Å². The topological polar surface area (TPSA) is 35.2 Å². The molecule has 0 radical (unpaired) electrons. The number of nitrogens with two attached hydrogens (primary N) is 1. The maximum Gasteiger partial charge on any atom is 0.240 e. The van der Waals surface area contributed by atoms with E-state index >= 15 is 0 Å². The Balaban J connectivity index is 2.91. The van der Waals surface area contributed by atoms with Crippen LogP contribution in [-0.4, -0.2) is 13.5 Å². The SMILES string of the molecule is COc1ccc(F)c([C@H](N)CC(F)F)c1. The highest BCUT2D eigenvalue weighted by Gasteiger charge is 2.17. The van der Waals surface area contributed by atoms with Crippen molar-refractivity contribution in [1.82, 2.24) is 0 Å². The lowest BCUT2D eigenvalue weighted by atomic mass is 10.0. The predicted molar refractivity (Wildman–Crippen MR) is 50.5 cm³/mol. The minimum Gasteiger partial charge on any atom is -0.497 e. The average Bonchev–Trinajstić information content (AvgIpc) is 2.17. The largest absolute Gasteiger partial charge is 0.497 e. The smallest absolute Gasteiger partial charge is 0.240 e. The molecule has 0 aliphatic rings. The Bertz CT molecular complexity index is 330. The van der Waals surface area contributed by atoms with Crippen LogP contribution in [0.1, 0.15) is 18.0 Å². The van der Waals surface area contributed by atoms with E-state index in [0.717, 1.165) is 6.07 Å². The van der Waals surface area contributed by atoms with E-state index in [1.807, 2.05) is 0 Å². The van der Waals surface area contributed by atoms with Crippen LogP contribution >= 0.6 is 0 Å². The third kappa shape index (κ3) is 3.13. The van der Waals surface area contributed by atoms with Crippen molar-refractivity contribution < 1.29 is 17.9 Å². The number of methoxy groups -OCH3 is 1. The molecule has 15 heavy (non-hydrogen) atoms. The molecular formula is C10H12F3NO. The maximum atomic E-state index is 13.2. The Kier molecular flexibility index (Phi) is 3.96. The number of hydrogen-bond donors (Lipinski definition) is 1. The summed E-state index contributed by atoms with van der Waals surface area (Å²) in [4.78, 5) is 0. The van der Waals surface area contributed by atoms with E-state index in [2.05, 4.69) is 0 Å². The zero-order chi connectivity index (χ0) is 11.4. The molecule has 1 rings (SSSR count). The Morgan fingerprint density at radius 3 is 2.60 bits per heavy atom. The fourth-order valence-electron chi connectivity index (χ4n) is 1.25. The summed E-state index contributed by atoms with van der Waals surface area (Å²) in [6.07, 6.45) is -3.12. The van der Waals surface area contributed by atoms with E-state index < -0.39 is 24.7 Å². The Hall–Kier alpha value is -1.23. The predicted octanol–water partition coefficient (Wildman–Crippen LogP) is 2.49. The highest BCUT2D eigenvalue weighted by Crippen LogP contribution is 2.24. The highest BCUT2D eigenvalue weighted by molar-refractivity contribution is 5.31. The van der Waals surface area contributed by atoms with E-state index in [4.69, 9.17) is 10.5 Å². The summed E-state index contributed by atoms with van der Waals surface area (Å²) in [5.41, 5.74) is 5.50. The minimum atomic E-state index is -2.55. The van der Waals surface area contributed by atoms with Gasteiger partial charge in [0.15, 0.2) is 0 Å². The minimum absolute atomic E-state index is 0.0506. The van der Waals surface area contributed by atoms with Crippen LogP contribution in [0.3, 0.4) is 0 Å². The van der Waals surface area contributed by atoms with Gasteiger partial charge in [0.25, 0.3) is 0 Å². The highest BCUT2D eigenvalue weighted by atomic mass is 19.3. The first-order valence-electron chi connectivity index (χ1n) is 4.41. The molecule has 0 fully saturated rings. The van der Waals surface area contributed by atoms with Gasteiger partial charge in [-0.1, -0.05) is 0 Å². The van der Waals surface area contributed by atoms with Crippen LogP contribution < -0.4 is 10.5 Å². The van der Waals surface area contributed by atoms with Crippen molar-refractivity contribution in [2.75, 3.05) is 7.11 Å². The van der Waals surface area contributed by atoms with Gasteiger partial charge < -0.3 is 10.5 Å². The van der Waals surface area contributed by atoms with Crippen LogP contribution in [0, 0.1) is 5.82 Å². The van der Waals surface area contributed by atoms with Crippen molar-refractivity contribution in [3.05, 3.63) is 29.6 Å². The molecule has 0 spiro atoms. The molecule has 0 aliphatic heterocycles. The molecule has 84 valence electrons. The zero-order valence-electron chi connectivity index (χ0n) is 8.21. The fraction of sp³-hybridized carbons (Fsp3) is 0.400. The molecule has 1 atom stereocenters. The second-order valence-electron chi connectivity index (χ2n) is 3.12. The molecule has 0 unspecified atom stereocenters. The lowest BCUT2D eigenvalue weighted by Gasteiger charge is -2.13. The lowest BCUT2D eigenvalue weighted by molar-refractivity contribution is 0.128. The molecule has 5 heteroatoms. The number of rotatable bonds is 4. The van der Waals surface area contributed by atoms with Gasteiger partial charge in [0, 0.05) is 18.0 Å². The zero-order valence-corrected chi connectivity index (χ0v) is 8.21. The first-order valence-corrected chi connectivity index (χ1v) is 4.41. The van der Waals surface area contributed by atoms with E-state index in [-0.39, 0.29) is 5.56 Å². The first kappa shape index (κ1) is 11.8. The number of alkyl halides is 2. The summed E-state index contributed by atoms with van der Waals surface area (Å²) >= 11 is 0. The van der Waals surface area contributed by atoms with Crippen molar-refractivity contribution in [2.45, 2.75) is 18.9 Å². The van der Waals surface area contributed by atoms with Gasteiger partial charge in [0.1, 0.15) is 11.6 Å². The summed E-state index contributed by atoms with van der Waals surface area (Å²) < 4.78 is 42.2. The molecule has 0 aromatic heterocycles. The average molecular weight is 219 g/mol. The van der Waals surface area contributed by atoms with Crippen LogP contribution in [0.15, 0.2) is 18.2 Å². The Labute approximate surface area is 85.8 Å². The molecule has 2 N–H and O–H groups in total. The number of halogens is 3. The summed E-state index contributed by atoms with van der Waals surface area (Å²) in [6, 6.07) is 2.88. The molecular weight excluding hydrogens is 207 g/mol. The van der Waals surface area contributed by atoms with Crippen LogP contribution in [0.5, 0.6) is 5.75 Å². The molecule has 0 amide bonds. The van der Waals surface area contributed by atoms with E-state index in [1.54, 1.807) is 0 Å². The molecule has 0 aliphatic carbocycles. The van der Waals surface area contributed by atoms with Gasteiger partial charge >= 0.3 is 0 Å². The first-order chi connectivity index (χ1) is 7.04. The number of benzene rings is 1. The standard InChI is InChI=1S/C10H12F3NO/c1-15-6-2-3-8(11)7(4-6)9(14)5-10(12)13/h2-4,9-10H,5,14H2,1H3/t9-/m1/s1. The van der Waals surface area contributed by atoms with Crippen molar-refractivity contribution in [1.29, 1.82) is 0 Å². The number of hydrogen-bond acceptors (Lipinski definition) is 2. The third-order valence-electron chi connectivity index (χ3n) is 2.03. The van der Waals surface area contributed by atoms with Crippen molar-refractivity contribution >= 4 is 0 Å². The van der Waals surface area contributed by atoms with E-state index in [1.165, 1.54) is 19.2 Å². The summed E-state index contributed by atoms with van der Waals surface area (Å²) in [5, 5.41) is 0. The van der Waals surface area contributed by atoms with Gasteiger partial charge in [0.2, 0.25) is 6.43 Å². The second-order valence-corrected chi connectivity index (χ2v) is 3.12. The van der Waals surface area contributed by atoms with Crippen molar-refractivity contribution in [2.24, 2.45) is 5.73 Å². The Morgan fingerprint density at radius 2 is 2.07 bits per heavy atom. The van der Waals surface area contributed by atoms with Crippen LogP contribution in [0.25, 0.3) is 0 Å². The van der Waals surface area contributed by atoms with Crippen LogP contribution in [0.2, 0.25) is 0 Å². The molecule has 0 heterocycles. The number of ether oxygens (including phenoxy) is 1. The third-order valence-corrected chi connectivity index (χ3v) is 2.03. The quantitative estimate of drug-likeness (QED) is 0.844. The lowest BCUT2D eigenvalue weighted by Crippen LogP contribution is -2.15. The van der Waals surface area contributed by atoms with E-state index in [0.29, 0.717) is 5.75 Å². The second kappa shape index (κ2) is 5.02. The van der Waals surface area contributed by atoms with Gasteiger partial charge in [-0.2, -0.15) is 0 Å². The van der Waals surface area contributed by atoms with Gasteiger partial charge in [0.05, 0.1) is 7.11 Å². The van der Waals surface area contributed by atoms with Crippen LogP contribution in [0.4, 0.5) is 13.2 Å².